The van der Waals surface area contributed by atoms with Crippen LogP contribution in [0.15, 0.2) is 77.8 Å². The zero-order chi connectivity index (χ0) is 25.1. The topological polar surface area (TPSA) is 123 Å². The van der Waals surface area contributed by atoms with Gasteiger partial charge in [-0.05, 0) is 41.5 Å². The number of fused-ring (bicyclic) bond motifs is 1. The van der Waals surface area contributed by atoms with Gasteiger partial charge in [-0.2, -0.15) is 0 Å². The van der Waals surface area contributed by atoms with E-state index in [0.717, 1.165) is 23.4 Å². The number of aliphatic carboxylic acids is 1. The maximum absolute atomic E-state index is 13.3. The number of carboxylic acids is 1. The molecule has 0 saturated heterocycles. The molecule has 0 aliphatic carbocycles. The molecule has 3 aromatic rings. The molecule has 36 heavy (non-hydrogen) atoms. The standard InChI is InChI=1S/C27H25N5O4/c33-24(34)15-23(17-5-2-1-3-6-17)32-16-19-9-10-21(14-22(19)26(32)36)30-25(35)18-7-4-8-20(13-18)31-27-28-11-12-29-27/h1-10,13-14,23H,11-12,15-16H2,(H,30,35)(H,33,34)(H2,28,29,31). The highest BCUT2D eigenvalue weighted by Crippen LogP contribution is 2.34. The Morgan fingerprint density at radius 1 is 1.03 bits per heavy atom. The molecular formula is C27H25N5O4. The van der Waals surface area contributed by atoms with Gasteiger partial charge in [0, 0.05) is 35.6 Å². The third-order valence-corrected chi connectivity index (χ3v) is 6.19. The lowest BCUT2D eigenvalue weighted by Gasteiger charge is -2.27. The second-order valence-electron chi connectivity index (χ2n) is 8.65. The second kappa shape index (κ2) is 9.91. The molecule has 2 aliphatic heterocycles. The van der Waals surface area contributed by atoms with Crippen molar-refractivity contribution >= 4 is 35.1 Å². The van der Waals surface area contributed by atoms with Crippen molar-refractivity contribution in [1.29, 1.82) is 0 Å². The Morgan fingerprint density at radius 2 is 1.86 bits per heavy atom. The van der Waals surface area contributed by atoms with Crippen LogP contribution in [0.2, 0.25) is 0 Å². The molecule has 1 unspecified atom stereocenters. The fourth-order valence-electron chi connectivity index (χ4n) is 4.46. The number of nitrogens with zero attached hydrogens (tertiary/aromatic N) is 2. The Kier molecular flexibility index (Phi) is 6.36. The summed E-state index contributed by atoms with van der Waals surface area (Å²) in [6.45, 7) is 1.79. The fraction of sp³-hybridized carbons (Fsp3) is 0.185. The molecule has 2 heterocycles. The van der Waals surface area contributed by atoms with E-state index in [-0.39, 0.29) is 18.2 Å². The van der Waals surface area contributed by atoms with E-state index in [1.54, 1.807) is 41.3 Å². The van der Waals surface area contributed by atoms with Crippen molar-refractivity contribution in [2.75, 3.05) is 23.7 Å². The van der Waals surface area contributed by atoms with Gasteiger partial charge in [0.2, 0.25) is 0 Å². The Hall–Kier alpha value is -4.66. The SMILES string of the molecule is O=C(O)CC(c1ccccc1)N1Cc2ccc(NC(=O)c3cccc(NC4=NCCN4)c3)cc2C1=O. The highest BCUT2D eigenvalue weighted by atomic mass is 16.4. The van der Waals surface area contributed by atoms with Gasteiger partial charge in [0.1, 0.15) is 0 Å². The van der Waals surface area contributed by atoms with E-state index in [9.17, 15) is 19.5 Å². The van der Waals surface area contributed by atoms with Gasteiger partial charge in [-0.25, -0.2) is 0 Å². The molecule has 4 N–H and O–H groups in total. The highest BCUT2D eigenvalue weighted by Gasteiger charge is 2.34. The molecule has 0 bridgehead atoms. The highest BCUT2D eigenvalue weighted by molar-refractivity contribution is 6.07. The van der Waals surface area contributed by atoms with Crippen molar-refractivity contribution in [2.45, 2.75) is 19.0 Å². The van der Waals surface area contributed by atoms with Gasteiger partial charge < -0.3 is 26.0 Å². The van der Waals surface area contributed by atoms with E-state index in [0.29, 0.717) is 35.9 Å². The predicted octanol–water partition coefficient (Wildman–Crippen LogP) is 3.48. The van der Waals surface area contributed by atoms with Gasteiger partial charge >= 0.3 is 5.97 Å². The first-order valence-corrected chi connectivity index (χ1v) is 11.7. The van der Waals surface area contributed by atoms with Crippen LogP contribution in [-0.2, 0) is 11.3 Å². The summed E-state index contributed by atoms with van der Waals surface area (Å²) in [5.41, 5.74) is 3.70. The number of carbonyl (C=O) groups excluding carboxylic acids is 2. The molecule has 182 valence electrons. The van der Waals surface area contributed by atoms with Gasteiger partial charge in [0.05, 0.1) is 19.0 Å². The predicted molar refractivity (Wildman–Crippen MR) is 136 cm³/mol. The Labute approximate surface area is 207 Å². The Balaban J connectivity index is 1.32. The van der Waals surface area contributed by atoms with Crippen molar-refractivity contribution in [3.8, 4) is 0 Å². The van der Waals surface area contributed by atoms with E-state index in [1.165, 1.54) is 0 Å². The molecule has 2 amide bonds. The largest absolute Gasteiger partial charge is 0.481 e. The van der Waals surface area contributed by atoms with E-state index in [1.807, 2.05) is 36.4 Å². The van der Waals surface area contributed by atoms with E-state index < -0.39 is 12.0 Å². The van der Waals surface area contributed by atoms with Gasteiger partial charge in [0.15, 0.2) is 5.96 Å². The van der Waals surface area contributed by atoms with Crippen LogP contribution in [0.25, 0.3) is 0 Å². The summed E-state index contributed by atoms with van der Waals surface area (Å²) >= 11 is 0. The summed E-state index contributed by atoms with van der Waals surface area (Å²) in [6, 6.07) is 20.8. The minimum atomic E-state index is -0.979. The zero-order valence-corrected chi connectivity index (χ0v) is 19.4. The fourth-order valence-corrected chi connectivity index (χ4v) is 4.46. The van der Waals surface area contributed by atoms with Crippen molar-refractivity contribution in [1.82, 2.24) is 10.2 Å². The number of guanidine groups is 1. The molecule has 5 rings (SSSR count). The summed E-state index contributed by atoms with van der Waals surface area (Å²) in [4.78, 5) is 43.6. The van der Waals surface area contributed by atoms with Crippen molar-refractivity contribution in [3.63, 3.8) is 0 Å². The lowest BCUT2D eigenvalue weighted by Crippen LogP contribution is -2.30. The number of carboxylic acid groups (broad SMARTS) is 1. The number of amides is 2. The monoisotopic (exact) mass is 483 g/mol. The lowest BCUT2D eigenvalue weighted by molar-refractivity contribution is -0.138. The first-order valence-electron chi connectivity index (χ1n) is 11.7. The van der Waals surface area contributed by atoms with E-state index in [4.69, 9.17) is 0 Å². The van der Waals surface area contributed by atoms with Crippen LogP contribution >= 0.6 is 0 Å². The van der Waals surface area contributed by atoms with Crippen LogP contribution in [0.1, 0.15) is 44.3 Å². The molecule has 0 aromatic heterocycles. The number of carbonyl (C=O) groups is 3. The molecule has 1 atom stereocenters. The van der Waals surface area contributed by atoms with Crippen molar-refractivity contribution in [3.05, 3.63) is 95.1 Å². The number of benzene rings is 3. The minimum Gasteiger partial charge on any atom is -0.481 e. The summed E-state index contributed by atoms with van der Waals surface area (Å²) in [5.74, 6) is -0.874. The normalized spacial score (nSPS) is 15.1. The van der Waals surface area contributed by atoms with Gasteiger partial charge in [-0.15, -0.1) is 0 Å². The maximum atomic E-state index is 13.3. The molecule has 0 fully saturated rings. The molecule has 0 saturated carbocycles. The molecule has 2 aliphatic rings. The van der Waals surface area contributed by atoms with Crippen LogP contribution in [0.5, 0.6) is 0 Å². The average molecular weight is 484 g/mol. The summed E-state index contributed by atoms with van der Waals surface area (Å²) in [7, 11) is 0. The van der Waals surface area contributed by atoms with E-state index in [2.05, 4.69) is 20.9 Å². The number of nitrogens with one attached hydrogen (secondary N) is 3. The van der Waals surface area contributed by atoms with Gasteiger partial charge in [-0.3, -0.25) is 19.4 Å². The zero-order valence-electron chi connectivity index (χ0n) is 19.4. The number of rotatable bonds is 7. The lowest BCUT2D eigenvalue weighted by atomic mass is 10.0. The van der Waals surface area contributed by atoms with Crippen LogP contribution < -0.4 is 16.0 Å². The van der Waals surface area contributed by atoms with Gasteiger partial charge in [-0.1, -0.05) is 42.5 Å². The summed E-state index contributed by atoms with van der Waals surface area (Å²) in [6.07, 6.45) is -0.195. The smallest absolute Gasteiger partial charge is 0.305 e. The quantitative estimate of drug-likeness (QED) is 0.408. The summed E-state index contributed by atoms with van der Waals surface area (Å²) < 4.78 is 0. The number of aliphatic imine (C=N–C) groups is 1. The molecule has 0 spiro atoms. The maximum Gasteiger partial charge on any atom is 0.305 e. The molecule has 0 radical (unpaired) electrons. The van der Waals surface area contributed by atoms with Crippen LogP contribution in [0.4, 0.5) is 11.4 Å². The first-order chi connectivity index (χ1) is 17.5. The summed E-state index contributed by atoms with van der Waals surface area (Å²) in [5, 5.41) is 18.6. The third-order valence-electron chi connectivity index (χ3n) is 6.19. The van der Waals surface area contributed by atoms with Crippen molar-refractivity contribution in [2.24, 2.45) is 4.99 Å². The Bertz CT molecular complexity index is 1360. The van der Waals surface area contributed by atoms with E-state index >= 15 is 0 Å². The third kappa shape index (κ3) is 4.90. The first kappa shape index (κ1) is 23.1. The second-order valence-corrected chi connectivity index (χ2v) is 8.65. The van der Waals surface area contributed by atoms with Crippen LogP contribution in [0, 0.1) is 0 Å². The Morgan fingerprint density at radius 3 is 2.61 bits per heavy atom. The average Bonchev–Trinajstić information content (AvgIpc) is 3.51. The molecule has 9 nitrogen and oxygen atoms in total. The van der Waals surface area contributed by atoms with Crippen LogP contribution in [-0.4, -0.2) is 46.8 Å². The number of anilines is 2. The van der Waals surface area contributed by atoms with Crippen molar-refractivity contribution < 1.29 is 19.5 Å². The van der Waals surface area contributed by atoms with Gasteiger partial charge in [0.25, 0.3) is 11.8 Å². The number of hydrogen-bond acceptors (Lipinski definition) is 6. The van der Waals surface area contributed by atoms with Crippen LogP contribution in [0.3, 0.4) is 0 Å². The molecular weight excluding hydrogens is 458 g/mol. The molecule has 3 aromatic carbocycles. The molecule has 9 heteroatoms. The number of hydrogen-bond donors (Lipinski definition) is 4. The minimum absolute atomic E-state index is 0.195.